The molecule has 1 N–H and O–H groups in total. The van der Waals surface area contributed by atoms with Crippen LogP contribution in [0.1, 0.15) is 36.7 Å². The lowest BCUT2D eigenvalue weighted by Crippen LogP contribution is -2.11. The summed E-state index contributed by atoms with van der Waals surface area (Å²) in [6, 6.07) is 16.2. The smallest absolute Gasteiger partial charge is 0.224 e. The molecule has 1 aliphatic rings. The first kappa shape index (κ1) is 17.9. The first-order valence-corrected chi connectivity index (χ1v) is 10.6. The summed E-state index contributed by atoms with van der Waals surface area (Å²) in [5.74, 6) is 0.754. The Kier molecular flexibility index (Phi) is 4.77. The fourth-order valence-electron chi connectivity index (χ4n) is 3.34. The van der Waals surface area contributed by atoms with Crippen LogP contribution in [0.5, 0.6) is 0 Å². The van der Waals surface area contributed by atoms with E-state index in [-0.39, 0.29) is 5.91 Å². The van der Waals surface area contributed by atoms with E-state index in [1.165, 1.54) is 4.70 Å². The van der Waals surface area contributed by atoms with Gasteiger partial charge in [-0.2, -0.15) is 0 Å². The lowest BCUT2D eigenvalue weighted by atomic mass is 10.1. The Morgan fingerprint density at radius 3 is 2.93 bits per heavy atom. The Bertz CT molecular complexity index is 1130. The maximum absolute atomic E-state index is 12.4. The summed E-state index contributed by atoms with van der Waals surface area (Å²) >= 11 is 1.70. The molecule has 0 bridgehead atoms. The van der Waals surface area contributed by atoms with Crippen molar-refractivity contribution in [3.8, 4) is 11.4 Å². The van der Waals surface area contributed by atoms with Crippen LogP contribution in [0.25, 0.3) is 21.6 Å². The van der Waals surface area contributed by atoms with Crippen molar-refractivity contribution in [2.75, 3.05) is 5.32 Å². The van der Waals surface area contributed by atoms with Gasteiger partial charge in [0.1, 0.15) is 0 Å². The number of tetrazole rings is 1. The Balaban J connectivity index is 1.19. The molecule has 146 valence electrons. The van der Waals surface area contributed by atoms with Crippen LogP contribution in [0.3, 0.4) is 0 Å². The van der Waals surface area contributed by atoms with E-state index < -0.39 is 0 Å². The topological polar surface area (TPSA) is 85.6 Å². The summed E-state index contributed by atoms with van der Waals surface area (Å²) in [5.41, 5.74) is 2.70. The Hall–Kier alpha value is -3.13. The molecule has 1 fully saturated rings. The van der Waals surface area contributed by atoms with Gasteiger partial charge in [0, 0.05) is 17.7 Å². The molecular weight excluding hydrogens is 384 g/mol. The third-order valence-corrected chi connectivity index (χ3v) is 6.02. The zero-order chi connectivity index (χ0) is 19.6. The van der Waals surface area contributed by atoms with Gasteiger partial charge in [-0.05, 0) is 60.4 Å². The monoisotopic (exact) mass is 404 g/mol. The minimum Gasteiger partial charge on any atom is -0.326 e. The molecule has 4 aromatic rings. The highest BCUT2D eigenvalue weighted by atomic mass is 32.1. The van der Waals surface area contributed by atoms with E-state index in [1.807, 2.05) is 47.1 Å². The predicted octanol–water partition coefficient (Wildman–Crippen LogP) is 4.25. The molecule has 5 rings (SSSR count). The highest BCUT2D eigenvalue weighted by molar-refractivity contribution is 7.18. The van der Waals surface area contributed by atoms with Crippen molar-refractivity contribution < 1.29 is 4.79 Å². The number of amides is 1. The van der Waals surface area contributed by atoms with Gasteiger partial charge in [0.15, 0.2) is 5.82 Å². The molecule has 2 aromatic heterocycles. The number of anilines is 1. The van der Waals surface area contributed by atoms with Crippen molar-refractivity contribution in [2.24, 2.45) is 0 Å². The zero-order valence-electron chi connectivity index (χ0n) is 15.8. The van der Waals surface area contributed by atoms with E-state index in [0.29, 0.717) is 12.5 Å². The lowest BCUT2D eigenvalue weighted by molar-refractivity contribution is -0.116. The number of nitrogens with one attached hydrogen (secondary N) is 1. The van der Waals surface area contributed by atoms with Crippen molar-refractivity contribution in [2.45, 2.75) is 38.1 Å². The largest absolute Gasteiger partial charge is 0.326 e. The summed E-state index contributed by atoms with van der Waals surface area (Å²) in [7, 11) is 0. The van der Waals surface area contributed by atoms with Crippen LogP contribution < -0.4 is 5.32 Å². The average molecular weight is 404 g/mol. The maximum Gasteiger partial charge on any atom is 0.224 e. The lowest BCUT2D eigenvalue weighted by Gasteiger charge is -2.07. The third kappa shape index (κ3) is 4.02. The van der Waals surface area contributed by atoms with Crippen LogP contribution in [-0.4, -0.2) is 31.1 Å². The zero-order valence-corrected chi connectivity index (χ0v) is 16.6. The molecule has 0 aliphatic heterocycles. The first-order chi connectivity index (χ1) is 14.3. The van der Waals surface area contributed by atoms with E-state index in [9.17, 15) is 4.79 Å². The Morgan fingerprint density at radius 1 is 1.17 bits per heavy atom. The minimum absolute atomic E-state index is 0.00467. The van der Waals surface area contributed by atoms with E-state index in [0.717, 1.165) is 53.3 Å². The van der Waals surface area contributed by atoms with Crippen LogP contribution in [0.15, 0.2) is 48.5 Å². The Labute approximate surface area is 171 Å². The van der Waals surface area contributed by atoms with Gasteiger partial charge < -0.3 is 5.32 Å². The number of carbonyl (C=O) groups excluding carboxylic acids is 1. The van der Waals surface area contributed by atoms with E-state index in [4.69, 9.17) is 0 Å². The minimum atomic E-state index is 0.00467. The third-order valence-electron chi connectivity index (χ3n) is 4.92. The molecule has 29 heavy (non-hydrogen) atoms. The van der Waals surface area contributed by atoms with Crippen molar-refractivity contribution >= 4 is 33.1 Å². The number of nitrogens with zero attached hydrogens (tertiary/aromatic N) is 5. The normalized spacial score (nSPS) is 13.7. The number of rotatable bonds is 7. The SMILES string of the molecule is O=C(CCCc1nc2ccccc2s1)Nc1cccc(-c2nnnn2C2CC2)c1. The van der Waals surface area contributed by atoms with Gasteiger partial charge in [-0.25, -0.2) is 9.67 Å². The van der Waals surface area contributed by atoms with Gasteiger partial charge in [0.25, 0.3) is 0 Å². The van der Waals surface area contributed by atoms with Crippen LogP contribution in [0, 0.1) is 0 Å². The van der Waals surface area contributed by atoms with Crippen LogP contribution in [0.2, 0.25) is 0 Å². The quantitative estimate of drug-likeness (QED) is 0.498. The number of hydrogen-bond acceptors (Lipinski definition) is 6. The van der Waals surface area contributed by atoms with Crippen molar-refractivity contribution in [1.82, 2.24) is 25.2 Å². The number of aromatic nitrogens is 5. The van der Waals surface area contributed by atoms with Gasteiger partial charge in [-0.15, -0.1) is 16.4 Å². The van der Waals surface area contributed by atoms with Gasteiger partial charge in [0.05, 0.1) is 21.3 Å². The van der Waals surface area contributed by atoms with Crippen LogP contribution in [0.4, 0.5) is 5.69 Å². The molecule has 2 aromatic carbocycles. The summed E-state index contributed by atoms with van der Waals surface area (Å²) in [4.78, 5) is 17.0. The van der Waals surface area contributed by atoms with Gasteiger partial charge in [-0.1, -0.05) is 24.3 Å². The molecule has 0 unspecified atom stereocenters. The standard InChI is InChI=1S/C21H20N6OS/c28-19(9-4-10-20-23-17-7-1-2-8-18(17)29-20)22-15-6-3-5-14(13-15)21-24-25-26-27(21)16-11-12-16/h1-3,5-8,13,16H,4,9-12H2,(H,22,28). The molecule has 8 heteroatoms. The highest BCUT2D eigenvalue weighted by Crippen LogP contribution is 2.36. The number of fused-ring (bicyclic) bond motifs is 1. The van der Waals surface area contributed by atoms with Gasteiger partial charge in [-0.3, -0.25) is 4.79 Å². The summed E-state index contributed by atoms with van der Waals surface area (Å²) in [6.07, 6.45) is 4.26. The molecule has 1 saturated carbocycles. The molecule has 0 atom stereocenters. The Morgan fingerprint density at radius 2 is 2.07 bits per heavy atom. The molecule has 0 radical (unpaired) electrons. The number of para-hydroxylation sites is 1. The highest BCUT2D eigenvalue weighted by Gasteiger charge is 2.28. The molecule has 1 amide bonds. The number of carbonyl (C=O) groups is 1. The molecule has 7 nitrogen and oxygen atoms in total. The van der Waals surface area contributed by atoms with E-state index >= 15 is 0 Å². The molecule has 0 saturated heterocycles. The number of thiazole rings is 1. The summed E-state index contributed by atoms with van der Waals surface area (Å²) in [6.45, 7) is 0. The predicted molar refractivity (Wildman–Crippen MR) is 113 cm³/mol. The fourth-order valence-corrected chi connectivity index (χ4v) is 4.34. The maximum atomic E-state index is 12.4. The number of hydrogen-bond donors (Lipinski definition) is 1. The number of aryl methyl sites for hydroxylation is 1. The molecule has 0 spiro atoms. The summed E-state index contributed by atoms with van der Waals surface area (Å²) in [5, 5.41) is 16.1. The second kappa shape index (κ2) is 7.71. The van der Waals surface area contributed by atoms with Crippen LogP contribution >= 0.6 is 11.3 Å². The van der Waals surface area contributed by atoms with Crippen molar-refractivity contribution in [3.05, 3.63) is 53.5 Å². The molecule has 1 aliphatic carbocycles. The number of benzene rings is 2. The van der Waals surface area contributed by atoms with Crippen molar-refractivity contribution in [1.29, 1.82) is 0 Å². The second-order valence-electron chi connectivity index (χ2n) is 7.24. The van der Waals surface area contributed by atoms with Crippen molar-refractivity contribution in [3.63, 3.8) is 0 Å². The molecule has 2 heterocycles. The molecular formula is C21H20N6OS. The van der Waals surface area contributed by atoms with E-state index in [2.05, 4.69) is 31.9 Å². The second-order valence-corrected chi connectivity index (χ2v) is 8.35. The van der Waals surface area contributed by atoms with Gasteiger partial charge in [0.2, 0.25) is 5.91 Å². The van der Waals surface area contributed by atoms with Gasteiger partial charge >= 0.3 is 0 Å². The average Bonchev–Trinajstić information content (AvgIpc) is 3.30. The first-order valence-electron chi connectivity index (χ1n) is 9.79. The van der Waals surface area contributed by atoms with E-state index in [1.54, 1.807) is 11.3 Å². The van der Waals surface area contributed by atoms with Crippen LogP contribution in [-0.2, 0) is 11.2 Å². The summed E-state index contributed by atoms with van der Waals surface area (Å²) < 4.78 is 3.07. The fraction of sp³-hybridized carbons (Fsp3) is 0.286.